The predicted octanol–water partition coefficient (Wildman–Crippen LogP) is 0.463. The molecule has 18 heavy (non-hydrogen) atoms. The molecule has 2 fully saturated rings. The summed E-state index contributed by atoms with van der Waals surface area (Å²) in [4.78, 5) is 15.3. The first kappa shape index (κ1) is 11.4. The van der Waals surface area contributed by atoms with Crippen molar-refractivity contribution in [1.29, 1.82) is 0 Å². The van der Waals surface area contributed by atoms with E-state index in [1.54, 1.807) is 0 Å². The number of nitrogens with zero attached hydrogens (tertiary/aromatic N) is 1. The van der Waals surface area contributed by atoms with Crippen LogP contribution in [0.5, 0.6) is 5.75 Å². The third kappa shape index (κ3) is 2.43. The molecule has 1 saturated heterocycles. The highest BCUT2D eigenvalue weighted by molar-refractivity contribution is 5.92. The van der Waals surface area contributed by atoms with Gasteiger partial charge in [-0.1, -0.05) is 0 Å². The fourth-order valence-corrected chi connectivity index (χ4v) is 1.65. The van der Waals surface area contributed by atoms with E-state index in [1.807, 2.05) is 0 Å². The van der Waals surface area contributed by atoms with Gasteiger partial charge in [-0.3, -0.25) is 4.79 Å². The predicted molar refractivity (Wildman–Crippen MR) is 62.0 cm³/mol. The van der Waals surface area contributed by atoms with Crippen molar-refractivity contribution in [1.82, 2.24) is 15.6 Å². The molecular formula is C12H14FN3O2. The molecular weight excluding hydrogens is 237 g/mol. The van der Waals surface area contributed by atoms with E-state index < -0.39 is 5.95 Å². The highest BCUT2D eigenvalue weighted by Crippen LogP contribution is 2.21. The number of ether oxygens (including phenoxy) is 1. The quantitative estimate of drug-likeness (QED) is 0.763. The van der Waals surface area contributed by atoms with Crippen LogP contribution in [0.25, 0.3) is 0 Å². The minimum Gasteiger partial charge on any atom is -0.483 e. The molecule has 1 amide bonds. The smallest absolute Gasteiger partial charge is 0.270 e. The standard InChI is InChI=1S/C12H14FN3O2/c13-11-10(18-8-5-14-6-8)4-3-9(16-11)12(17)15-7-1-2-7/h3-4,7-8,14H,1-2,5-6H2,(H,15,17). The van der Waals surface area contributed by atoms with Crippen LogP contribution in [0.15, 0.2) is 12.1 Å². The summed E-state index contributed by atoms with van der Waals surface area (Å²) in [5.41, 5.74) is 0.0958. The maximum absolute atomic E-state index is 13.6. The SMILES string of the molecule is O=C(NC1CC1)c1ccc(OC2CNC2)c(F)n1. The van der Waals surface area contributed by atoms with Gasteiger partial charge in [-0.05, 0) is 25.0 Å². The number of carbonyl (C=O) groups excluding carboxylic acids is 1. The van der Waals surface area contributed by atoms with Crippen LogP contribution in [0.1, 0.15) is 23.3 Å². The van der Waals surface area contributed by atoms with Crippen molar-refractivity contribution in [2.75, 3.05) is 13.1 Å². The zero-order valence-electron chi connectivity index (χ0n) is 9.78. The lowest BCUT2D eigenvalue weighted by atomic mass is 10.2. The van der Waals surface area contributed by atoms with E-state index in [9.17, 15) is 9.18 Å². The first-order chi connectivity index (χ1) is 8.72. The lowest BCUT2D eigenvalue weighted by Crippen LogP contribution is -2.50. The minimum absolute atomic E-state index is 0.00700. The van der Waals surface area contributed by atoms with Crippen LogP contribution in [-0.4, -0.2) is 36.1 Å². The van der Waals surface area contributed by atoms with Gasteiger partial charge in [0.25, 0.3) is 11.9 Å². The summed E-state index contributed by atoms with van der Waals surface area (Å²) in [5, 5.41) is 5.79. The summed E-state index contributed by atoms with van der Waals surface area (Å²) in [6, 6.07) is 3.18. The molecule has 1 aromatic rings. The number of pyridine rings is 1. The third-order valence-electron chi connectivity index (χ3n) is 3.00. The van der Waals surface area contributed by atoms with Gasteiger partial charge in [-0.2, -0.15) is 4.39 Å². The van der Waals surface area contributed by atoms with Gasteiger partial charge in [0.2, 0.25) is 0 Å². The molecule has 0 atom stereocenters. The Morgan fingerprint density at radius 2 is 2.22 bits per heavy atom. The summed E-state index contributed by atoms with van der Waals surface area (Å²) in [6.45, 7) is 1.42. The second-order valence-electron chi connectivity index (χ2n) is 4.63. The van der Waals surface area contributed by atoms with E-state index in [1.165, 1.54) is 12.1 Å². The molecule has 1 aliphatic carbocycles. The van der Waals surface area contributed by atoms with Gasteiger partial charge in [0.15, 0.2) is 5.75 Å². The van der Waals surface area contributed by atoms with Crippen LogP contribution in [0.2, 0.25) is 0 Å². The van der Waals surface area contributed by atoms with Crippen molar-refractivity contribution in [2.45, 2.75) is 25.0 Å². The van der Waals surface area contributed by atoms with E-state index in [2.05, 4.69) is 15.6 Å². The summed E-state index contributed by atoms with van der Waals surface area (Å²) in [7, 11) is 0. The van der Waals surface area contributed by atoms with E-state index in [4.69, 9.17) is 4.74 Å². The summed E-state index contributed by atoms with van der Waals surface area (Å²) in [6.07, 6.45) is 1.97. The second-order valence-corrected chi connectivity index (χ2v) is 4.63. The summed E-state index contributed by atoms with van der Waals surface area (Å²) < 4.78 is 19.0. The molecule has 0 radical (unpaired) electrons. The minimum atomic E-state index is -0.731. The molecule has 5 nitrogen and oxygen atoms in total. The van der Waals surface area contributed by atoms with Crippen LogP contribution in [-0.2, 0) is 0 Å². The molecule has 1 aromatic heterocycles. The number of aromatic nitrogens is 1. The lowest BCUT2D eigenvalue weighted by Gasteiger charge is -2.27. The second kappa shape index (κ2) is 4.53. The Labute approximate surface area is 104 Å². The zero-order valence-corrected chi connectivity index (χ0v) is 9.78. The van der Waals surface area contributed by atoms with Crippen LogP contribution >= 0.6 is 0 Å². The third-order valence-corrected chi connectivity index (χ3v) is 3.00. The van der Waals surface area contributed by atoms with E-state index in [-0.39, 0.29) is 29.5 Å². The van der Waals surface area contributed by atoms with Gasteiger partial charge in [-0.25, -0.2) is 4.98 Å². The van der Waals surface area contributed by atoms with Gasteiger partial charge < -0.3 is 15.4 Å². The van der Waals surface area contributed by atoms with Gasteiger partial charge in [-0.15, -0.1) is 0 Å². The monoisotopic (exact) mass is 251 g/mol. The number of halogens is 1. The maximum Gasteiger partial charge on any atom is 0.270 e. The molecule has 0 unspecified atom stereocenters. The molecule has 0 bridgehead atoms. The van der Waals surface area contributed by atoms with Crippen molar-refractivity contribution in [3.8, 4) is 5.75 Å². The highest BCUT2D eigenvalue weighted by Gasteiger charge is 2.25. The van der Waals surface area contributed by atoms with Crippen LogP contribution in [0.3, 0.4) is 0 Å². The van der Waals surface area contributed by atoms with Crippen molar-refractivity contribution in [2.24, 2.45) is 0 Å². The lowest BCUT2D eigenvalue weighted by molar-refractivity contribution is 0.0943. The molecule has 3 rings (SSSR count). The van der Waals surface area contributed by atoms with Crippen LogP contribution in [0.4, 0.5) is 4.39 Å². The molecule has 1 aliphatic heterocycles. The number of hydrogen-bond acceptors (Lipinski definition) is 4. The average molecular weight is 251 g/mol. The van der Waals surface area contributed by atoms with Crippen LogP contribution in [0, 0.1) is 5.95 Å². The number of nitrogens with one attached hydrogen (secondary N) is 2. The Kier molecular flexibility index (Phi) is 2.87. The first-order valence-corrected chi connectivity index (χ1v) is 6.07. The Hall–Kier alpha value is -1.69. The molecule has 1 saturated carbocycles. The van der Waals surface area contributed by atoms with E-state index in [0.29, 0.717) is 13.1 Å². The fourth-order valence-electron chi connectivity index (χ4n) is 1.65. The Morgan fingerprint density at radius 1 is 1.44 bits per heavy atom. The van der Waals surface area contributed by atoms with Gasteiger partial charge in [0, 0.05) is 19.1 Å². The first-order valence-electron chi connectivity index (χ1n) is 6.07. The Bertz CT molecular complexity index is 472. The highest BCUT2D eigenvalue weighted by atomic mass is 19.1. The van der Waals surface area contributed by atoms with Crippen molar-refractivity contribution in [3.05, 3.63) is 23.8 Å². The summed E-state index contributed by atoms with van der Waals surface area (Å²) >= 11 is 0. The van der Waals surface area contributed by atoms with Crippen molar-refractivity contribution >= 4 is 5.91 Å². The number of rotatable bonds is 4. The molecule has 2 aliphatic rings. The van der Waals surface area contributed by atoms with Crippen molar-refractivity contribution in [3.63, 3.8) is 0 Å². The fraction of sp³-hybridized carbons (Fsp3) is 0.500. The molecule has 96 valence electrons. The number of hydrogen-bond donors (Lipinski definition) is 2. The average Bonchev–Trinajstić information content (AvgIpc) is 3.08. The largest absolute Gasteiger partial charge is 0.483 e. The zero-order chi connectivity index (χ0) is 12.5. The van der Waals surface area contributed by atoms with Gasteiger partial charge in [0.05, 0.1) is 0 Å². The normalized spacial score (nSPS) is 19.2. The van der Waals surface area contributed by atoms with E-state index in [0.717, 1.165) is 12.8 Å². The molecule has 0 aromatic carbocycles. The number of carbonyl (C=O) groups is 1. The van der Waals surface area contributed by atoms with Gasteiger partial charge >= 0.3 is 0 Å². The molecule has 0 spiro atoms. The van der Waals surface area contributed by atoms with Crippen LogP contribution < -0.4 is 15.4 Å². The Morgan fingerprint density at radius 3 is 2.78 bits per heavy atom. The molecule has 6 heteroatoms. The topological polar surface area (TPSA) is 63.2 Å². The maximum atomic E-state index is 13.6. The summed E-state index contributed by atoms with van der Waals surface area (Å²) in [5.74, 6) is -0.955. The molecule has 2 N–H and O–H groups in total. The number of amides is 1. The van der Waals surface area contributed by atoms with Gasteiger partial charge in [0.1, 0.15) is 11.8 Å². The Balaban J connectivity index is 1.68. The van der Waals surface area contributed by atoms with E-state index >= 15 is 0 Å². The molecule has 2 heterocycles. The van der Waals surface area contributed by atoms with Crippen molar-refractivity contribution < 1.29 is 13.9 Å².